The highest BCUT2D eigenvalue weighted by atomic mass is 16.2. The van der Waals surface area contributed by atoms with E-state index in [4.69, 9.17) is 0 Å². The minimum Gasteiger partial charge on any atom is -0.352 e. The summed E-state index contributed by atoms with van der Waals surface area (Å²) in [7, 11) is 2.10. The van der Waals surface area contributed by atoms with Crippen molar-refractivity contribution in [1.82, 2.24) is 15.5 Å². The van der Waals surface area contributed by atoms with Crippen LogP contribution in [0.15, 0.2) is 0 Å². The Bertz CT molecular complexity index is 274. The van der Waals surface area contributed by atoms with Crippen molar-refractivity contribution in [2.24, 2.45) is 0 Å². The zero-order valence-electron chi connectivity index (χ0n) is 7.89. The van der Waals surface area contributed by atoms with E-state index >= 15 is 0 Å². The molecule has 4 nitrogen and oxygen atoms in total. The first-order valence-corrected chi connectivity index (χ1v) is 4.93. The second kappa shape index (κ2) is 2.07. The van der Waals surface area contributed by atoms with Gasteiger partial charge in [0.1, 0.15) is 5.54 Å². The molecule has 3 aliphatic heterocycles. The fourth-order valence-corrected chi connectivity index (χ4v) is 2.89. The average molecular weight is 181 g/mol. The number of nitrogens with one attached hydrogen (secondary N) is 2. The van der Waals surface area contributed by atoms with E-state index in [1.54, 1.807) is 0 Å². The average Bonchev–Trinajstić information content (AvgIpc) is 2.38. The first-order chi connectivity index (χ1) is 6.20. The van der Waals surface area contributed by atoms with Crippen LogP contribution in [0.25, 0.3) is 0 Å². The van der Waals surface area contributed by atoms with Gasteiger partial charge in [-0.2, -0.15) is 0 Å². The number of β-lactam (4-membered cyclic amide) rings is 1. The Kier molecular flexibility index (Phi) is 1.23. The molecule has 3 saturated heterocycles. The minimum absolute atomic E-state index is 0.137. The number of rotatable bonds is 0. The predicted octanol–water partition coefficient (Wildman–Crippen LogP) is -1.08. The SMILES string of the molecule is CN1C2(CCC13CNC3=O)CNC2. The number of hydrogen-bond acceptors (Lipinski definition) is 3. The van der Waals surface area contributed by atoms with E-state index in [-0.39, 0.29) is 11.4 Å². The lowest BCUT2D eigenvalue weighted by Gasteiger charge is -2.52. The van der Waals surface area contributed by atoms with Crippen LogP contribution in [0.4, 0.5) is 0 Å². The first-order valence-electron chi connectivity index (χ1n) is 4.93. The third-order valence-corrected chi connectivity index (χ3v) is 4.23. The molecule has 3 rings (SSSR count). The van der Waals surface area contributed by atoms with Crippen LogP contribution >= 0.6 is 0 Å². The number of amides is 1. The minimum atomic E-state index is -0.137. The Labute approximate surface area is 77.7 Å². The van der Waals surface area contributed by atoms with E-state index in [2.05, 4.69) is 22.6 Å². The van der Waals surface area contributed by atoms with Gasteiger partial charge in [0.2, 0.25) is 5.91 Å². The molecule has 3 aliphatic rings. The van der Waals surface area contributed by atoms with Gasteiger partial charge >= 0.3 is 0 Å². The highest BCUT2D eigenvalue weighted by Crippen LogP contribution is 2.44. The van der Waals surface area contributed by atoms with Gasteiger partial charge in [0, 0.05) is 25.2 Å². The Morgan fingerprint density at radius 3 is 2.31 bits per heavy atom. The zero-order valence-corrected chi connectivity index (χ0v) is 7.89. The Morgan fingerprint density at radius 1 is 1.31 bits per heavy atom. The summed E-state index contributed by atoms with van der Waals surface area (Å²) in [5, 5.41) is 6.16. The summed E-state index contributed by atoms with van der Waals surface area (Å²) in [5.74, 6) is 0.235. The van der Waals surface area contributed by atoms with Gasteiger partial charge in [-0.25, -0.2) is 0 Å². The molecule has 0 aromatic carbocycles. The van der Waals surface area contributed by atoms with Crippen LogP contribution in [0.3, 0.4) is 0 Å². The van der Waals surface area contributed by atoms with Gasteiger partial charge in [0.05, 0.1) is 0 Å². The fourth-order valence-electron chi connectivity index (χ4n) is 2.89. The smallest absolute Gasteiger partial charge is 0.242 e. The molecular weight excluding hydrogens is 166 g/mol. The van der Waals surface area contributed by atoms with Crippen LogP contribution in [0.1, 0.15) is 12.8 Å². The molecule has 72 valence electrons. The summed E-state index contributed by atoms with van der Waals surface area (Å²) in [6.45, 7) is 2.96. The third-order valence-electron chi connectivity index (χ3n) is 4.23. The maximum absolute atomic E-state index is 11.5. The quantitative estimate of drug-likeness (QED) is 0.467. The Hall–Kier alpha value is -0.610. The molecule has 0 aromatic heterocycles. The number of carbonyl (C=O) groups is 1. The molecule has 2 N–H and O–H groups in total. The van der Waals surface area contributed by atoms with Gasteiger partial charge in [-0.3, -0.25) is 9.69 Å². The number of carbonyl (C=O) groups excluding carboxylic acids is 1. The Morgan fingerprint density at radius 2 is 2.08 bits per heavy atom. The normalized spacial score (nSPS) is 41.8. The lowest BCUT2D eigenvalue weighted by atomic mass is 9.88. The second-order valence-corrected chi connectivity index (χ2v) is 4.60. The summed E-state index contributed by atoms with van der Waals surface area (Å²) in [4.78, 5) is 13.8. The third kappa shape index (κ3) is 0.681. The number of likely N-dealkylation sites (tertiary alicyclic amines) is 1. The van der Waals surface area contributed by atoms with Crippen LogP contribution in [-0.4, -0.2) is 48.6 Å². The van der Waals surface area contributed by atoms with Gasteiger partial charge in [-0.05, 0) is 19.9 Å². The Balaban J connectivity index is 1.90. The monoisotopic (exact) mass is 181 g/mol. The molecule has 1 amide bonds. The van der Waals surface area contributed by atoms with Crippen molar-refractivity contribution in [2.75, 3.05) is 26.7 Å². The zero-order chi connectivity index (χ0) is 9.10. The van der Waals surface area contributed by atoms with Gasteiger partial charge in [-0.15, -0.1) is 0 Å². The molecule has 0 aromatic rings. The van der Waals surface area contributed by atoms with Crippen LogP contribution in [-0.2, 0) is 4.79 Å². The number of likely N-dealkylation sites (N-methyl/N-ethyl adjacent to an activating group) is 1. The van der Waals surface area contributed by atoms with Crippen molar-refractivity contribution in [3.63, 3.8) is 0 Å². The largest absolute Gasteiger partial charge is 0.352 e. The topological polar surface area (TPSA) is 44.4 Å². The lowest BCUT2D eigenvalue weighted by Crippen LogP contribution is -2.76. The highest BCUT2D eigenvalue weighted by Gasteiger charge is 2.62. The van der Waals surface area contributed by atoms with E-state index < -0.39 is 0 Å². The van der Waals surface area contributed by atoms with Gasteiger partial charge in [0.25, 0.3) is 0 Å². The molecule has 2 spiro atoms. The van der Waals surface area contributed by atoms with Gasteiger partial charge < -0.3 is 10.6 Å². The summed E-state index contributed by atoms with van der Waals surface area (Å²) < 4.78 is 0. The predicted molar refractivity (Wildman–Crippen MR) is 48.3 cm³/mol. The maximum Gasteiger partial charge on any atom is 0.242 e. The molecule has 3 fully saturated rings. The molecule has 3 heterocycles. The molecule has 1 unspecified atom stereocenters. The van der Waals surface area contributed by atoms with Crippen LogP contribution in [0, 0.1) is 0 Å². The number of nitrogens with zero attached hydrogens (tertiary/aromatic N) is 1. The molecule has 1 atom stereocenters. The van der Waals surface area contributed by atoms with Gasteiger partial charge in [0.15, 0.2) is 0 Å². The van der Waals surface area contributed by atoms with Crippen molar-refractivity contribution in [3.05, 3.63) is 0 Å². The standard InChI is InChI=1S/C9H15N3O/c1-12-8(4-10-5-8)2-3-9(12)6-11-7(9)13/h10H,2-6H2,1H3,(H,11,13). The van der Waals surface area contributed by atoms with Crippen LogP contribution in [0.5, 0.6) is 0 Å². The van der Waals surface area contributed by atoms with E-state index in [1.165, 1.54) is 6.42 Å². The van der Waals surface area contributed by atoms with Crippen molar-refractivity contribution >= 4 is 5.91 Å². The molecular formula is C9H15N3O. The molecule has 4 heteroatoms. The molecule has 0 radical (unpaired) electrons. The highest BCUT2D eigenvalue weighted by molar-refractivity contribution is 5.93. The summed E-state index contributed by atoms with van der Waals surface area (Å²) in [5.41, 5.74) is 0.167. The van der Waals surface area contributed by atoms with Crippen LogP contribution in [0.2, 0.25) is 0 Å². The van der Waals surface area contributed by atoms with Crippen molar-refractivity contribution in [1.29, 1.82) is 0 Å². The van der Waals surface area contributed by atoms with E-state index in [0.717, 1.165) is 26.1 Å². The van der Waals surface area contributed by atoms with Crippen molar-refractivity contribution in [3.8, 4) is 0 Å². The van der Waals surface area contributed by atoms with Crippen LogP contribution < -0.4 is 10.6 Å². The fraction of sp³-hybridized carbons (Fsp3) is 0.889. The summed E-state index contributed by atoms with van der Waals surface area (Å²) in [6, 6.07) is 0. The van der Waals surface area contributed by atoms with E-state index in [0.29, 0.717) is 5.54 Å². The van der Waals surface area contributed by atoms with E-state index in [1.807, 2.05) is 0 Å². The first kappa shape index (κ1) is 7.76. The summed E-state index contributed by atoms with van der Waals surface area (Å²) >= 11 is 0. The lowest BCUT2D eigenvalue weighted by molar-refractivity contribution is -0.144. The summed E-state index contributed by atoms with van der Waals surface area (Å²) in [6.07, 6.45) is 2.21. The van der Waals surface area contributed by atoms with Crippen molar-refractivity contribution in [2.45, 2.75) is 23.9 Å². The molecule has 0 aliphatic carbocycles. The second-order valence-electron chi connectivity index (χ2n) is 4.60. The molecule has 0 bridgehead atoms. The molecule has 0 saturated carbocycles. The molecule has 13 heavy (non-hydrogen) atoms. The maximum atomic E-state index is 11.5. The van der Waals surface area contributed by atoms with Crippen molar-refractivity contribution < 1.29 is 4.79 Å². The van der Waals surface area contributed by atoms with Gasteiger partial charge in [-0.1, -0.05) is 0 Å². The number of hydrogen-bond donors (Lipinski definition) is 2. The van der Waals surface area contributed by atoms with E-state index in [9.17, 15) is 4.79 Å².